The van der Waals surface area contributed by atoms with Crippen molar-refractivity contribution in [3.8, 4) is 0 Å². The Labute approximate surface area is 88.4 Å². The zero-order valence-electron chi connectivity index (χ0n) is 9.88. The van der Waals surface area contributed by atoms with Gasteiger partial charge in [-0.25, -0.2) is 0 Å². The van der Waals surface area contributed by atoms with Gasteiger partial charge in [0.1, 0.15) is 0 Å². The van der Waals surface area contributed by atoms with E-state index in [1.165, 1.54) is 32.1 Å². The Morgan fingerprint density at radius 2 is 2.14 bits per heavy atom. The van der Waals surface area contributed by atoms with E-state index >= 15 is 0 Å². The van der Waals surface area contributed by atoms with Gasteiger partial charge in [-0.15, -0.1) is 0 Å². The van der Waals surface area contributed by atoms with E-state index in [-0.39, 0.29) is 0 Å². The fraction of sp³-hybridized carbons (Fsp3) is 1.00. The van der Waals surface area contributed by atoms with Gasteiger partial charge in [-0.3, -0.25) is 0 Å². The summed E-state index contributed by atoms with van der Waals surface area (Å²) >= 11 is 0. The number of ether oxygens (including phenoxy) is 1. The molecule has 1 saturated carbocycles. The molecule has 0 spiro atoms. The molecule has 1 aliphatic rings. The monoisotopic (exact) mass is 199 g/mol. The molecule has 3 unspecified atom stereocenters. The van der Waals surface area contributed by atoms with Crippen LogP contribution >= 0.6 is 0 Å². The minimum Gasteiger partial charge on any atom is -0.385 e. The van der Waals surface area contributed by atoms with Gasteiger partial charge in [0.25, 0.3) is 0 Å². The topological polar surface area (TPSA) is 21.3 Å². The fourth-order valence-electron chi connectivity index (χ4n) is 2.70. The predicted octanol–water partition coefficient (Wildman–Crippen LogP) is 2.44. The van der Waals surface area contributed by atoms with E-state index in [1.807, 2.05) is 0 Å². The van der Waals surface area contributed by atoms with Crippen molar-refractivity contribution in [2.24, 2.45) is 11.8 Å². The Hall–Kier alpha value is -0.0800. The summed E-state index contributed by atoms with van der Waals surface area (Å²) in [5.74, 6) is 1.79. The maximum Gasteiger partial charge on any atom is 0.0465 e. The molecule has 1 aliphatic carbocycles. The maximum atomic E-state index is 5.18. The highest BCUT2D eigenvalue weighted by Crippen LogP contribution is 2.32. The first-order valence-corrected chi connectivity index (χ1v) is 5.98. The van der Waals surface area contributed by atoms with E-state index in [9.17, 15) is 0 Å². The van der Waals surface area contributed by atoms with Crippen molar-refractivity contribution >= 4 is 0 Å². The molecule has 0 aromatic heterocycles. The smallest absolute Gasteiger partial charge is 0.0465 e. The predicted molar refractivity (Wildman–Crippen MR) is 60.5 cm³/mol. The highest BCUT2D eigenvalue weighted by atomic mass is 16.5. The van der Waals surface area contributed by atoms with Crippen LogP contribution in [0, 0.1) is 11.8 Å². The number of methoxy groups -OCH3 is 1. The fourth-order valence-corrected chi connectivity index (χ4v) is 2.70. The average molecular weight is 199 g/mol. The van der Waals surface area contributed by atoms with Crippen LogP contribution in [0.4, 0.5) is 0 Å². The second kappa shape index (κ2) is 6.41. The minimum atomic E-state index is 0.730. The molecular formula is C12H25NO. The van der Waals surface area contributed by atoms with Crippen LogP contribution in [0.3, 0.4) is 0 Å². The van der Waals surface area contributed by atoms with Gasteiger partial charge < -0.3 is 10.1 Å². The molecule has 0 heterocycles. The summed E-state index contributed by atoms with van der Waals surface area (Å²) < 4.78 is 5.18. The van der Waals surface area contributed by atoms with Gasteiger partial charge in [0.15, 0.2) is 0 Å². The minimum absolute atomic E-state index is 0.730. The molecule has 2 heteroatoms. The number of hydrogen-bond donors (Lipinski definition) is 1. The van der Waals surface area contributed by atoms with Crippen LogP contribution in [-0.4, -0.2) is 26.8 Å². The first-order valence-electron chi connectivity index (χ1n) is 5.98. The molecule has 0 aromatic carbocycles. The van der Waals surface area contributed by atoms with Gasteiger partial charge >= 0.3 is 0 Å². The van der Waals surface area contributed by atoms with Crippen molar-refractivity contribution in [1.82, 2.24) is 5.32 Å². The largest absolute Gasteiger partial charge is 0.385 e. The average Bonchev–Trinajstić information content (AvgIpc) is 2.25. The lowest BCUT2D eigenvalue weighted by Gasteiger charge is -2.35. The molecular weight excluding hydrogens is 174 g/mol. The van der Waals surface area contributed by atoms with Crippen molar-refractivity contribution < 1.29 is 4.74 Å². The van der Waals surface area contributed by atoms with Gasteiger partial charge in [0.2, 0.25) is 0 Å². The van der Waals surface area contributed by atoms with Gasteiger partial charge in [0.05, 0.1) is 0 Å². The summed E-state index contributed by atoms with van der Waals surface area (Å²) in [5, 5.41) is 3.45. The number of rotatable bonds is 5. The lowest BCUT2D eigenvalue weighted by Crippen LogP contribution is -2.39. The van der Waals surface area contributed by atoms with E-state index in [1.54, 1.807) is 7.11 Å². The third-order valence-corrected chi connectivity index (χ3v) is 3.73. The van der Waals surface area contributed by atoms with E-state index in [0.29, 0.717) is 0 Å². The van der Waals surface area contributed by atoms with E-state index in [4.69, 9.17) is 4.74 Å². The maximum absolute atomic E-state index is 5.18. The van der Waals surface area contributed by atoms with Crippen LogP contribution in [0.2, 0.25) is 0 Å². The van der Waals surface area contributed by atoms with Crippen LogP contribution in [0.25, 0.3) is 0 Å². The highest BCUT2D eigenvalue weighted by Gasteiger charge is 2.28. The van der Waals surface area contributed by atoms with Crippen molar-refractivity contribution in [3.05, 3.63) is 0 Å². The molecule has 84 valence electrons. The van der Waals surface area contributed by atoms with Gasteiger partial charge in [-0.1, -0.05) is 13.3 Å². The second-order valence-corrected chi connectivity index (χ2v) is 4.52. The van der Waals surface area contributed by atoms with Crippen molar-refractivity contribution in [3.63, 3.8) is 0 Å². The summed E-state index contributed by atoms with van der Waals surface area (Å²) in [5.41, 5.74) is 0. The molecule has 0 saturated heterocycles. The third-order valence-electron chi connectivity index (χ3n) is 3.73. The Morgan fingerprint density at radius 3 is 2.71 bits per heavy atom. The SMILES string of the molecule is CCC1CCC(NC)C(CCOC)C1. The van der Waals surface area contributed by atoms with E-state index in [0.717, 1.165) is 24.5 Å². The molecule has 0 aliphatic heterocycles. The number of nitrogens with one attached hydrogen (secondary N) is 1. The Kier molecular flexibility index (Phi) is 5.49. The summed E-state index contributed by atoms with van der Waals surface area (Å²) in [6.45, 7) is 3.23. The summed E-state index contributed by atoms with van der Waals surface area (Å²) in [6.07, 6.45) is 6.72. The first kappa shape index (κ1) is 12.0. The molecule has 2 nitrogen and oxygen atoms in total. The molecule has 1 N–H and O–H groups in total. The van der Waals surface area contributed by atoms with E-state index in [2.05, 4.69) is 19.3 Å². The molecule has 1 rings (SSSR count). The zero-order valence-corrected chi connectivity index (χ0v) is 9.88. The van der Waals surface area contributed by atoms with Crippen molar-refractivity contribution in [2.45, 2.75) is 45.1 Å². The molecule has 3 atom stereocenters. The third kappa shape index (κ3) is 3.25. The molecule has 14 heavy (non-hydrogen) atoms. The molecule has 0 aromatic rings. The van der Waals surface area contributed by atoms with Crippen LogP contribution in [0.5, 0.6) is 0 Å². The van der Waals surface area contributed by atoms with Crippen molar-refractivity contribution in [2.75, 3.05) is 20.8 Å². The van der Waals surface area contributed by atoms with Gasteiger partial charge in [-0.05, 0) is 44.6 Å². The van der Waals surface area contributed by atoms with Crippen LogP contribution in [0.1, 0.15) is 39.0 Å². The Balaban J connectivity index is 2.38. The first-order chi connectivity index (χ1) is 6.81. The standard InChI is InChI=1S/C12H25NO/c1-4-10-5-6-12(13-2)11(9-10)7-8-14-3/h10-13H,4-9H2,1-3H3. The van der Waals surface area contributed by atoms with Gasteiger partial charge in [-0.2, -0.15) is 0 Å². The molecule has 0 radical (unpaired) electrons. The molecule has 0 bridgehead atoms. The van der Waals surface area contributed by atoms with Crippen LogP contribution in [-0.2, 0) is 4.74 Å². The Bertz CT molecular complexity index is 149. The summed E-state index contributed by atoms with van der Waals surface area (Å²) in [6, 6.07) is 0.730. The van der Waals surface area contributed by atoms with Gasteiger partial charge in [0, 0.05) is 19.8 Å². The number of hydrogen-bond acceptors (Lipinski definition) is 2. The second-order valence-electron chi connectivity index (χ2n) is 4.52. The highest BCUT2D eigenvalue weighted by molar-refractivity contribution is 4.83. The molecule has 1 fully saturated rings. The normalized spacial score (nSPS) is 33.2. The lowest BCUT2D eigenvalue weighted by atomic mass is 9.76. The lowest BCUT2D eigenvalue weighted by molar-refractivity contribution is 0.132. The molecule has 0 amide bonds. The van der Waals surface area contributed by atoms with Crippen LogP contribution < -0.4 is 5.32 Å². The Morgan fingerprint density at radius 1 is 1.36 bits per heavy atom. The summed E-state index contributed by atoms with van der Waals surface area (Å²) in [4.78, 5) is 0. The van der Waals surface area contributed by atoms with E-state index < -0.39 is 0 Å². The van der Waals surface area contributed by atoms with Crippen molar-refractivity contribution in [1.29, 1.82) is 0 Å². The van der Waals surface area contributed by atoms with Crippen LogP contribution in [0.15, 0.2) is 0 Å². The summed E-state index contributed by atoms with van der Waals surface area (Å²) in [7, 11) is 3.89. The quantitative estimate of drug-likeness (QED) is 0.734. The zero-order chi connectivity index (χ0) is 10.4.